The SMILES string of the molecule is C#CCNC(=O)C(C)SC. The van der Waals surface area contributed by atoms with Crippen molar-refractivity contribution in [1.29, 1.82) is 0 Å². The number of thioether (sulfide) groups is 1. The smallest absolute Gasteiger partial charge is 0.233 e. The quantitative estimate of drug-likeness (QED) is 0.604. The Morgan fingerprint density at radius 1 is 1.90 bits per heavy atom. The molecule has 0 aromatic rings. The van der Waals surface area contributed by atoms with Crippen molar-refractivity contribution in [2.24, 2.45) is 0 Å². The van der Waals surface area contributed by atoms with Crippen LogP contribution >= 0.6 is 11.8 Å². The predicted octanol–water partition coefficient (Wildman–Crippen LogP) is 0.487. The molecule has 0 rings (SSSR count). The molecule has 1 N–H and O–H groups in total. The molecule has 0 aliphatic carbocycles. The summed E-state index contributed by atoms with van der Waals surface area (Å²) in [5.41, 5.74) is 0. The van der Waals surface area contributed by atoms with E-state index in [4.69, 9.17) is 6.42 Å². The lowest BCUT2D eigenvalue weighted by Gasteiger charge is -2.05. The van der Waals surface area contributed by atoms with Crippen molar-refractivity contribution in [3.8, 4) is 12.3 Å². The lowest BCUT2D eigenvalue weighted by atomic mass is 10.4. The van der Waals surface area contributed by atoms with Gasteiger partial charge in [-0.1, -0.05) is 5.92 Å². The third-order valence-electron chi connectivity index (χ3n) is 1.09. The lowest BCUT2D eigenvalue weighted by Crippen LogP contribution is -2.30. The van der Waals surface area contributed by atoms with Crippen molar-refractivity contribution in [1.82, 2.24) is 5.32 Å². The fourth-order valence-electron chi connectivity index (χ4n) is 0.389. The van der Waals surface area contributed by atoms with Crippen LogP contribution < -0.4 is 5.32 Å². The Bertz CT molecular complexity index is 150. The van der Waals surface area contributed by atoms with Crippen molar-refractivity contribution in [2.45, 2.75) is 12.2 Å². The highest BCUT2D eigenvalue weighted by Crippen LogP contribution is 2.03. The number of amides is 1. The zero-order valence-corrected chi connectivity index (χ0v) is 6.99. The molecule has 1 unspecified atom stereocenters. The molecule has 2 nitrogen and oxygen atoms in total. The van der Waals surface area contributed by atoms with Crippen molar-refractivity contribution in [2.75, 3.05) is 12.8 Å². The maximum absolute atomic E-state index is 10.9. The zero-order valence-electron chi connectivity index (χ0n) is 6.18. The van der Waals surface area contributed by atoms with E-state index in [1.54, 1.807) is 0 Å². The second kappa shape index (κ2) is 5.19. The first-order valence-corrected chi connectivity index (χ1v) is 4.25. The van der Waals surface area contributed by atoms with E-state index < -0.39 is 0 Å². The van der Waals surface area contributed by atoms with Gasteiger partial charge >= 0.3 is 0 Å². The van der Waals surface area contributed by atoms with Crippen LogP contribution in [0.25, 0.3) is 0 Å². The van der Waals surface area contributed by atoms with Gasteiger partial charge in [-0.25, -0.2) is 0 Å². The number of hydrogen-bond donors (Lipinski definition) is 1. The maximum atomic E-state index is 10.9. The lowest BCUT2D eigenvalue weighted by molar-refractivity contribution is -0.120. The Morgan fingerprint density at radius 2 is 2.50 bits per heavy atom. The number of nitrogens with one attached hydrogen (secondary N) is 1. The minimum atomic E-state index is -0.00616. The monoisotopic (exact) mass is 157 g/mol. The number of terminal acetylenes is 1. The van der Waals surface area contributed by atoms with Crippen LogP contribution in [0.1, 0.15) is 6.92 Å². The molecule has 0 bridgehead atoms. The Hall–Kier alpha value is -0.620. The summed E-state index contributed by atoms with van der Waals surface area (Å²) in [7, 11) is 0. The predicted molar refractivity (Wildman–Crippen MR) is 44.8 cm³/mol. The molecule has 3 heteroatoms. The Morgan fingerprint density at radius 3 is 2.90 bits per heavy atom. The fraction of sp³-hybridized carbons (Fsp3) is 0.571. The molecule has 0 aromatic heterocycles. The summed E-state index contributed by atoms with van der Waals surface area (Å²) >= 11 is 1.50. The van der Waals surface area contributed by atoms with E-state index in [0.29, 0.717) is 6.54 Å². The summed E-state index contributed by atoms with van der Waals surface area (Å²) in [6.45, 7) is 2.17. The van der Waals surface area contributed by atoms with Gasteiger partial charge in [0.15, 0.2) is 0 Å². The summed E-state index contributed by atoms with van der Waals surface area (Å²) in [6.07, 6.45) is 6.84. The highest BCUT2D eigenvalue weighted by atomic mass is 32.2. The molecule has 1 atom stereocenters. The summed E-state index contributed by atoms with van der Waals surface area (Å²) in [5.74, 6) is 2.34. The molecule has 0 saturated heterocycles. The minimum Gasteiger partial charge on any atom is -0.344 e. The topological polar surface area (TPSA) is 29.1 Å². The van der Waals surface area contributed by atoms with Crippen molar-refractivity contribution in [3.05, 3.63) is 0 Å². The number of hydrogen-bond acceptors (Lipinski definition) is 2. The van der Waals surface area contributed by atoms with Crippen molar-refractivity contribution >= 4 is 17.7 Å². The minimum absolute atomic E-state index is 0.00505. The zero-order chi connectivity index (χ0) is 7.98. The first-order valence-electron chi connectivity index (χ1n) is 2.96. The molecule has 1 amide bonds. The first-order chi connectivity index (χ1) is 4.72. The van der Waals surface area contributed by atoms with Crippen LogP contribution in [0, 0.1) is 12.3 Å². The molecule has 0 radical (unpaired) electrons. The molecule has 0 spiro atoms. The molecule has 0 aromatic carbocycles. The average Bonchev–Trinajstić information content (AvgIpc) is 1.98. The Balaban J connectivity index is 3.54. The van der Waals surface area contributed by atoms with E-state index in [1.807, 2.05) is 13.2 Å². The van der Waals surface area contributed by atoms with Gasteiger partial charge in [0.2, 0.25) is 5.91 Å². The van der Waals surface area contributed by atoms with Gasteiger partial charge in [-0.3, -0.25) is 4.79 Å². The van der Waals surface area contributed by atoms with Gasteiger partial charge in [0.05, 0.1) is 11.8 Å². The highest BCUT2D eigenvalue weighted by Gasteiger charge is 2.08. The molecular formula is C7H11NOS. The van der Waals surface area contributed by atoms with Crippen LogP contribution in [0.2, 0.25) is 0 Å². The molecule has 56 valence electrons. The van der Waals surface area contributed by atoms with E-state index in [-0.39, 0.29) is 11.2 Å². The summed E-state index contributed by atoms with van der Waals surface area (Å²) in [6, 6.07) is 0. The van der Waals surface area contributed by atoms with Crippen molar-refractivity contribution < 1.29 is 4.79 Å². The van der Waals surface area contributed by atoms with Crippen LogP contribution in [0.5, 0.6) is 0 Å². The van der Waals surface area contributed by atoms with Gasteiger partial charge in [0.25, 0.3) is 0 Å². The number of carbonyl (C=O) groups excluding carboxylic acids is 1. The third-order valence-corrected chi connectivity index (χ3v) is 2.01. The molecule has 0 saturated carbocycles. The number of carbonyl (C=O) groups is 1. The summed E-state index contributed by atoms with van der Waals surface area (Å²) < 4.78 is 0. The van der Waals surface area contributed by atoms with Gasteiger partial charge in [-0.2, -0.15) is 11.8 Å². The van der Waals surface area contributed by atoms with Gasteiger partial charge in [0.1, 0.15) is 0 Å². The highest BCUT2D eigenvalue weighted by molar-refractivity contribution is 7.99. The summed E-state index contributed by atoms with van der Waals surface area (Å²) in [4.78, 5) is 10.9. The van der Waals surface area contributed by atoms with Crippen LogP contribution in [0.3, 0.4) is 0 Å². The normalized spacial score (nSPS) is 11.7. The molecule has 0 heterocycles. The van der Waals surface area contributed by atoms with Crippen LogP contribution in [-0.4, -0.2) is 24.0 Å². The van der Waals surface area contributed by atoms with E-state index in [1.165, 1.54) is 11.8 Å². The average molecular weight is 157 g/mol. The van der Waals surface area contributed by atoms with E-state index >= 15 is 0 Å². The fourth-order valence-corrected chi connectivity index (χ4v) is 0.686. The second-order valence-electron chi connectivity index (χ2n) is 1.80. The molecule has 0 aliphatic heterocycles. The Labute approximate surface area is 65.8 Å². The van der Waals surface area contributed by atoms with Gasteiger partial charge < -0.3 is 5.32 Å². The maximum Gasteiger partial charge on any atom is 0.233 e. The van der Waals surface area contributed by atoms with E-state index in [9.17, 15) is 4.79 Å². The standard InChI is InChI=1S/C7H11NOS/c1-4-5-8-7(9)6(2)10-3/h1,6H,5H2,2-3H3,(H,8,9). The molecule has 0 aliphatic rings. The van der Waals surface area contributed by atoms with Gasteiger partial charge in [-0.05, 0) is 13.2 Å². The Kier molecular flexibility index (Phi) is 4.87. The van der Waals surface area contributed by atoms with Crippen LogP contribution in [-0.2, 0) is 4.79 Å². The van der Waals surface area contributed by atoms with Crippen LogP contribution in [0.4, 0.5) is 0 Å². The largest absolute Gasteiger partial charge is 0.344 e. The molecule has 10 heavy (non-hydrogen) atoms. The first kappa shape index (κ1) is 9.38. The van der Waals surface area contributed by atoms with Crippen LogP contribution in [0.15, 0.2) is 0 Å². The molecule has 0 fully saturated rings. The molecular weight excluding hydrogens is 146 g/mol. The number of rotatable bonds is 3. The second-order valence-corrected chi connectivity index (χ2v) is 2.98. The van der Waals surface area contributed by atoms with Gasteiger partial charge in [0, 0.05) is 0 Å². The third kappa shape index (κ3) is 3.41. The van der Waals surface area contributed by atoms with Crippen molar-refractivity contribution in [3.63, 3.8) is 0 Å². The van der Waals surface area contributed by atoms with E-state index in [2.05, 4.69) is 11.2 Å². The van der Waals surface area contributed by atoms with Gasteiger partial charge in [-0.15, -0.1) is 6.42 Å². The summed E-state index contributed by atoms with van der Waals surface area (Å²) in [5, 5.41) is 2.58. The van der Waals surface area contributed by atoms with E-state index in [0.717, 1.165) is 0 Å².